The predicted molar refractivity (Wildman–Crippen MR) is 75.2 cm³/mol. The highest BCUT2D eigenvalue weighted by molar-refractivity contribution is 5.17. The third-order valence-electron chi connectivity index (χ3n) is 4.43. The molecule has 1 aromatic rings. The molecule has 0 radical (unpaired) electrons. The van der Waals surface area contributed by atoms with Gasteiger partial charge < -0.3 is 10.5 Å². The van der Waals surface area contributed by atoms with Gasteiger partial charge in [-0.1, -0.05) is 13.3 Å². The predicted octanol–water partition coefficient (Wildman–Crippen LogP) is 3.78. The summed E-state index contributed by atoms with van der Waals surface area (Å²) >= 11 is 0. The molecule has 1 aliphatic rings. The van der Waals surface area contributed by atoms with Crippen molar-refractivity contribution in [3.63, 3.8) is 0 Å². The fourth-order valence-corrected chi connectivity index (χ4v) is 2.95. The van der Waals surface area contributed by atoms with Crippen LogP contribution in [-0.4, -0.2) is 12.1 Å². The maximum atomic E-state index is 13.1. The van der Waals surface area contributed by atoms with E-state index in [1.165, 1.54) is 18.6 Å². The average Bonchev–Trinajstić information content (AvgIpc) is 2.45. The molecule has 0 amide bonds. The van der Waals surface area contributed by atoms with Crippen LogP contribution in [-0.2, 0) is 11.3 Å². The van der Waals surface area contributed by atoms with E-state index in [0.29, 0.717) is 12.1 Å². The van der Waals surface area contributed by atoms with Crippen LogP contribution in [0.2, 0.25) is 0 Å². The molecule has 2 nitrogen and oxygen atoms in total. The van der Waals surface area contributed by atoms with Crippen LogP contribution in [0, 0.1) is 17.6 Å². The zero-order valence-electron chi connectivity index (χ0n) is 12.0. The lowest BCUT2D eigenvalue weighted by molar-refractivity contribution is -0.0814. The Morgan fingerprint density at radius 1 is 1.20 bits per heavy atom. The highest BCUT2D eigenvalue weighted by Crippen LogP contribution is 2.36. The summed E-state index contributed by atoms with van der Waals surface area (Å²) in [6.45, 7) is 2.88. The second kappa shape index (κ2) is 6.64. The standard InChI is InChI=1S/C16H23F2NO/c1-2-12-3-5-16(11-19,6-4-12)20-10-13-7-14(17)9-15(18)8-13/h7-9,12H,2-6,10-11,19H2,1H3. The van der Waals surface area contributed by atoms with Crippen LogP contribution in [0.1, 0.15) is 44.6 Å². The number of halogens is 2. The van der Waals surface area contributed by atoms with Crippen molar-refractivity contribution >= 4 is 0 Å². The summed E-state index contributed by atoms with van der Waals surface area (Å²) in [6.07, 6.45) is 5.28. The molecule has 2 rings (SSSR count). The molecule has 1 fully saturated rings. The van der Waals surface area contributed by atoms with Crippen molar-refractivity contribution in [3.05, 3.63) is 35.4 Å². The van der Waals surface area contributed by atoms with Gasteiger partial charge in [-0.05, 0) is 49.3 Å². The molecule has 0 unspecified atom stereocenters. The number of benzene rings is 1. The Balaban J connectivity index is 1.97. The molecule has 2 N–H and O–H groups in total. The molecule has 0 aliphatic heterocycles. The van der Waals surface area contributed by atoms with Crippen LogP contribution in [0.4, 0.5) is 8.78 Å². The minimum atomic E-state index is -0.569. The van der Waals surface area contributed by atoms with Gasteiger partial charge in [0, 0.05) is 12.6 Å². The van der Waals surface area contributed by atoms with Crippen molar-refractivity contribution in [3.8, 4) is 0 Å². The molecule has 0 saturated heterocycles. The largest absolute Gasteiger partial charge is 0.369 e. The summed E-state index contributed by atoms with van der Waals surface area (Å²) in [5, 5.41) is 0. The molecular weight excluding hydrogens is 260 g/mol. The van der Waals surface area contributed by atoms with Gasteiger partial charge in [-0.15, -0.1) is 0 Å². The summed E-state index contributed by atoms with van der Waals surface area (Å²) in [5.74, 6) is -0.384. The minimum Gasteiger partial charge on any atom is -0.369 e. The third kappa shape index (κ3) is 3.76. The van der Waals surface area contributed by atoms with Crippen molar-refractivity contribution in [2.45, 2.75) is 51.2 Å². The first kappa shape index (κ1) is 15.4. The Bertz CT molecular complexity index is 422. The van der Waals surface area contributed by atoms with E-state index in [0.717, 1.165) is 37.7 Å². The first-order chi connectivity index (χ1) is 9.57. The number of nitrogens with two attached hydrogens (primary N) is 1. The van der Waals surface area contributed by atoms with E-state index in [2.05, 4.69) is 6.92 Å². The fourth-order valence-electron chi connectivity index (χ4n) is 2.95. The second-order valence-corrected chi connectivity index (χ2v) is 5.81. The summed E-state index contributed by atoms with van der Waals surface area (Å²) in [6, 6.07) is 3.49. The molecule has 0 heterocycles. The topological polar surface area (TPSA) is 35.2 Å². The maximum absolute atomic E-state index is 13.1. The van der Waals surface area contributed by atoms with E-state index in [1.807, 2.05) is 0 Å². The zero-order chi connectivity index (χ0) is 14.6. The third-order valence-corrected chi connectivity index (χ3v) is 4.43. The fraction of sp³-hybridized carbons (Fsp3) is 0.625. The van der Waals surface area contributed by atoms with Crippen molar-refractivity contribution < 1.29 is 13.5 Å². The molecule has 1 aromatic carbocycles. The molecule has 0 atom stereocenters. The molecule has 1 saturated carbocycles. The average molecular weight is 283 g/mol. The quantitative estimate of drug-likeness (QED) is 0.892. The molecule has 1 aliphatic carbocycles. The molecule has 0 bridgehead atoms. The highest BCUT2D eigenvalue weighted by Gasteiger charge is 2.34. The van der Waals surface area contributed by atoms with Gasteiger partial charge in [0.05, 0.1) is 12.2 Å². The summed E-state index contributed by atoms with van der Waals surface area (Å²) in [7, 11) is 0. The van der Waals surface area contributed by atoms with Gasteiger partial charge in [-0.2, -0.15) is 0 Å². The van der Waals surface area contributed by atoms with Gasteiger partial charge in [0.1, 0.15) is 11.6 Å². The van der Waals surface area contributed by atoms with Crippen molar-refractivity contribution in [2.24, 2.45) is 11.7 Å². The zero-order valence-corrected chi connectivity index (χ0v) is 12.0. The van der Waals surface area contributed by atoms with Gasteiger partial charge in [0.25, 0.3) is 0 Å². The Labute approximate surface area is 119 Å². The molecule has 20 heavy (non-hydrogen) atoms. The first-order valence-corrected chi connectivity index (χ1v) is 7.36. The Morgan fingerprint density at radius 3 is 2.30 bits per heavy atom. The SMILES string of the molecule is CCC1CCC(CN)(OCc2cc(F)cc(F)c2)CC1. The van der Waals surface area contributed by atoms with Gasteiger partial charge >= 0.3 is 0 Å². The van der Waals surface area contributed by atoms with Gasteiger partial charge in [-0.3, -0.25) is 0 Å². The number of hydrogen-bond donors (Lipinski definition) is 1. The van der Waals surface area contributed by atoms with Crippen LogP contribution < -0.4 is 5.73 Å². The lowest BCUT2D eigenvalue weighted by Gasteiger charge is -2.39. The van der Waals surface area contributed by atoms with Crippen LogP contribution >= 0.6 is 0 Å². The molecule has 4 heteroatoms. The van der Waals surface area contributed by atoms with Crippen molar-refractivity contribution in [1.82, 2.24) is 0 Å². The molecule has 0 aromatic heterocycles. The summed E-state index contributed by atoms with van der Waals surface area (Å²) in [5.41, 5.74) is 6.07. The Kier molecular flexibility index (Phi) is 5.11. The Hall–Kier alpha value is -1.00. The van der Waals surface area contributed by atoms with Crippen LogP contribution in [0.5, 0.6) is 0 Å². The van der Waals surface area contributed by atoms with Crippen LogP contribution in [0.15, 0.2) is 18.2 Å². The molecule has 0 spiro atoms. The number of ether oxygens (including phenoxy) is 1. The maximum Gasteiger partial charge on any atom is 0.126 e. The van der Waals surface area contributed by atoms with E-state index in [9.17, 15) is 8.78 Å². The lowest BCUT2D eigenvalue weighted by Crippen LogP contribution is -2.43. The van der Waals surface area contributed by atoms with E-state index < -0.39 is 11.6 Å². The highest BCUT2D eigenvalue weighted by atomic mass is 19.1. The van der Waals surface area contributed by atoms with Gasteiger partial charge in [0.15, 0.2) is 0 Å². The van der Waals surface area contributed by atoms with Crippen molar-refractivity contribution in [2.75, 3.05) is 6.54 Å². The van der Waals surface area contributed by atoms with Gasteiger partial charge in [-0.25, -0.2) is 8.78 Å². The van der Waals surface area contributed by atoms with E-state index in [4.69, 9.17) is 10.5 Å². The normalized spacial score (nSPS) is 26.7. The second-order valence-electron chi connectivity index (χ2n) is 5.81. The van der Waals surface area contributed by atoms with Crippen LogP contribution in [0.25, 0.3) is 0 Å². The number of hydrogen-bond acceptors (Lipinski definition) is 2. The Morgan fingerprint density at radius 2 is 1.80 bits per heavy atom. The summed E-state index contributed by atoms with van der Waals surface area (Å²) in [4.78, 5) is 0. The smallest absolute Gasteiger partial charge is 0.126 e. The molecule has 112 valence electrons. The minimum absolute atomic E-state index is 0.211. The lowest BCUT2D eigenvalue weighted by atomic mass is 9.77. The monoisotopic (exact) mass is 283 g/mol. The number of rotatable bonds is 5. The molecular formula is C16H23F2NO. The van der Waals surface area contributed by atoms with Crippen LogP contribution in [0.3, 0.4) is 0 Å². The van der Waals surface area contributed by atoms with E-state index in [-0.39, 0.29) is 12.2 Å². The van der Waals surface area contributed by atoms with Gasteiger partial charge in [0.2, 0.25) is 0 Å². The summed E-state index contributed by atoms with van der Waals surface area (Å²) < 4.78 is 32.2. The van der Waals surface area contributed by atoms with Crippen molar-refractivity contribution in [1.29, 1.82) is 0 Å². The van der Waals surface area contributed by atoms with E-state index in [1.54, 1.807) is 0 Å². The first-order valence-electron chi connectivity index (χ1n) is 7.36. The van der Waals surface area contributed by atoms with E-state index >= 15 is 0 Å².